The Balaban J connectivity index is 2.74. The lowest BCUT2D eigenvalue weighted by molar-refractivity contribution is -0.118. The molecule has 0 spiro atoms. The molecule has 1 unspecified atom stereocenters. The van der Waals surface area contributed by atoms with Crippen LogP contribution >= 0.6 is 0 Å². The highest BCUT2D eigenvalue weighted by molar-refractivity contribution is 6.83. The average Bonchev–Trinajstić information content (AvgIpc) is 2.73. The molecule has 3 heteroatoms. The zero-order valence-electron chi connectivity index (χ0n) is 17.0. The number of ether oxygens (including phenoxy) is 1. The van der Waals surface area contributed by atoms with E-state index in [4.69, 9.17) is 4.74 Å². The first-order valence-corrected chi connectivity index (χ1v) is 13.1. The van der Waals surface area contributed by atoms with E-state index in [9.17, 15) is 4.79 Å². The maximum Gasteiger partial charge on any atom is 0.161 e. The minimum absolute atomic E-state index is 0.0417. The van der Waals surface area contributed by atoms with Crippen LogP contribution in [0.3, 0.4) is 0 Å². The normalized spacial score (nSPS) is 19.8. The fourth-order valence-corrected chi connectivity index (χ4v) is 4.55. The molecule has 0 bridgehead atoms. The number of unbranched alkanes of at least 4 members (excludes halogenated alkanes) is 4. The molecule has 1 aliphatic rings. The average molecular weight is 351 g/mol. The molecule has 0 radical (unpaired) electrons. The van der Waals surface area contributed by atoms with Crippen LogP contribution in [0.2, 0.25) is 19.6 Å². The summed E-state index contributed by atoms with van der Waals surface area (Å²) in [5.74, 6) is 0.277. The van der Waals surface area contributed by atoms with Gasteiger partial charge < -0.3 is 4.74 Å². The van der Waals surface area contributed by atoms with E-state index < -0.39 is 8.07 Å². The van der Waals surface area contributed by atoms with Gasteiger partial charge in [-0.25, -0.2) is 0 Å². The molecule has 0 heterocycles. The van der Waals surface area contributed by atoms with Crippen molar-refractivity contribution in [1.82, 2.24) is 0 Å². The second-order valence-corrected chi connectivity index (χ2v) is 14.2. The second-order valence-electron chi connectivity index (χ2n) is 9.09. The number of carbonyl (C=O) groups excluding carboxylic acids is 1. The first-order chi connectivity index (χ1) is 11.0. The van der Waals surface area contributed by atoms with E-state index in [-0.39, 0.29) is 17.5 Å². The van der Waals surface area contributed by atoms with Gasteiger partial charge >= 0.3 is 0 Å². The molecule has 0 aromatic heterocycles. The van der Waals surface area contributed by atoms with E-state index in [0.717, 1.165) is 18.4 Å². The predicted octanol–water partition coefficient (Wildman–Crippen LogP) is 6.23. The third-order valence-electron chi connectivity index (χ3n) is 4.43. The lowest BCUT2D eigenvalue weighted by Gasteiger charge is -2.23. The van der Waals surface area contributed by atoms with Gasteiger partial charge in [-0.1, -0.05) is 57.1 Å². The Bertz CT molecular complexity index is 475. The van der Waals surface area contributed by atoms with Crippen LogP contribution < -0.4 is 0 Å². The number of Topliss-reactive ketones (excluding diaryl/α,β-unsaturated/α-hetero) is 1. The third kappa shape index (κ3) is 7.93. The molecule has 0 saturated heterocycles. The van der Waals surface area contributed by atoms with Gasteiger partial charge in [0.2, 0.25) is 0 Å². The molecular weight excluding hydrogens is 312 g/mol. The van der Waals surface area contributed by atoms with Crippen molar-refractivity contribution in [3.63, 3.8) is 0 Å². The van der Waals surface area contributed by atoms with Crippen LogP contribution in [0.5, 0.6) is 0 Å². The zero-order valence-corrected chi connectivity index (χ0v) is 18.0. The van der Waals surface area contributed by atoms with Crippen LogP contribution in [0.4, 0.5) is 0 Å². The number of rotatable bonds is 9. The monoisotopic (exact) mass is 350 g/mol. The summed E-state index contributed by atoms with van der Waals surface area (Å²) in [4.78, 5) is 12.4. The molecule has 0 aliphatic heterocycles. The summed E-state index contributed by atoms with van der Waals surface area (Å²) in [7, 11) is -1.39. The highest BCUT2D eigenvalue weighted by Gasteiger charge is 2.30. The predicted molar refractivity (Wildman–Crippen MR) is 107 cm³/mol. The van der Waals surface area contributed by atoms with Gasteiger partial charge in [0.25, 0.3) is 0 Å². The van der Waals surface area contributed by atoms with Crippen LogP contribution in [0.1, 0.15) is 72.6 Å². The molecule has 0 saturated carbocycles. The Kier molecular flexibility index (Phi) is 8.14. The van der Waals surface area contributed by atoms with Gasteiger partial charge in [-0.2, -0.15) is 0 Å². The molecule has 1 atom stereocenters. The van der Waals surface area contributed by atoms with Crippen LogP contribution in [0, 0.1) is 0 Å². The van der Waals surface area contributed by atoms with Gasteiger partial charge in [0.1, 0.15) is 0 Å². The third-order valence-corrected chi connectivity index (χ3v) is 6.74. The number of hydrogen-bond donors (Lipinski definition) is 0. The van der Waals surface area contributed by atoms with Gasteiger partial charge in [0.05, 0.1) is 19.8 Å². The first kappa shape index (κ1) is 21.4. The van der Waals surface area contributed by atoms with Crippen LogP contribution in [0.15, 0.2) is 22.9 Å². The summed E-state index contributed by atoms with van der Waals surface area (Å²) in [6.07, 6.45) is 12.2. The highest BCUT2D eigenvalue weighted by Crippen LogP contribution is 2.30. The Hall–Kier alpha value is -0.673. The van der Waals surface area contributed by atoms with Crippen molar-refractivity contribution in [2.75, 3.05) is 0 Å². The Labute approximate surface area is 150 Å². The molecule has 2 nitrogen and oxygen atoms in total. The molecular formula is C21H38O2Si. The first-order valence-electron chi connectivity index (χ1n) is 9.64. The summed E-state index contributed by atoms with van der Waals surface area (Å²) < 4.78 is 5.99. The van der Waals surface area contributed by atoms with Gasteiger partial charge in [-0.05, 0) is 51.7 Å². The van der Waals surface area contributed by atoms with Crippen molar-refractivity contribution in [1.29, 1.82) is 0 Å². The minimum Gasteiger partial charge on any atom is -0.368 e. The number of carbonyl (C=O) groups is 1. The lowest BCUT2D eigenvalue weighted by atomic mass is 10.1. The van der Waals surface area contributed by atoms with E-state index in [2.05, 4.69) is 38.7 Å². The van der Waals surface area contributed by atoms with Crippen molar-refractivity contribution in [2.24, 2.45) is 0 Å². The maximum absolute atomic E-state index is 12.4. The fraction of sp³-hybridized carbons (Fsp3) is 0.762. The van der Waals surface area contributed by atoms with E-state index in [1.165, 1.54) is 30.9 Å². The van der Waals surface area contributed by atoms with Crippen LogP contribution in [-0.4, -0.2) is 25.6 Å². The van der Waals surface area contributed by atoms with E-state index in [0.29, 0.717) is 6.42 Å². The van der Waals surface area contributed by atoms with Crippen LogP contribution in [0.25, 0.3) is 0 Å². The van der Waals surface area contributed by atoms with E-state index in [1.807, 2.05) is 20.8 Å². The Morgan fingerprint density at radius 2 is 1.92 bits per heavy atom. The molecule has 1 aliphatic carbocycles. The smallest absolute Gasteiger partial charge is 0.161 e. The standard InChI is InChI=1S/C21H38O2Si/c1-8-9-10-11-12-13-19(24(5,6)7)15-17-14-18(16-20(17)22)23-21(2,3)4/h13-14,18H,8-12,15-16H2,1-7H3/b19-13-. The van der Waals surface area contributed by atoms with Gasteiger partial charge in [-0.15, -0.1) is 0 Å². The van der Waals surface area contributed by atoms with Gasteiger partial charge in [0, 0.05) is 6.42 Å². The summed E-state index contributed by atoms with van der Waals surface area (Å²) in [5.41, 5.74) is 0.777. The summed E-state index contributed by atoms with van der Waals surface area (Å²) in [5, 5.41) is 1.52. The second kappa shape index (κ2) is 9.14. The van der Waals surface area contributed by atoms with E-state index >= 15 is 0 Å². The fourth-order valence-electron chi connectivity index (χ4n) is 3.07. The minimum atomic E-state index is -1.39. The Morgan fingerprint density at radius 3 is 2.46 bits per heavy atom. The number of ketones is 1. The number of allylic oxidation sites excluding steroid dienone is 3. The topological polar surface area (TPSA) is 26.3 Å². The number of hydrogen-bond acceptors (Lipinski definition) is 2. The van der Waals surface area contributed by atoms with Crippen molar-refractivity contribution in [3.8, 4) is 0 Å². The van der Waals surface area contributed by atoms with Crippen molar-refractivity contribution >= 4 is 13.9 Å². The SMILES string of the molecule is CCCCCC/C=C(/CC1=CC(OC(C)(C)C)CC1=O)[Si](C)(C)C. The molecule has 138 valence electrons. The molecule has 0 amide bonds. The zero-order chi connectivity index (χ0) is 18.4. The summed E-state index contributed by atoms with van der Waals surface area (Å²) >= 11 is 0. The summed E-state index contributed by atoms with van der Waals surface area (Å²) in [6, 6.07) is 0. The molecule has 0 N–H and O–H groups in total. The highest BCUT2D eigenvalue weighted by atomic mass is 28.3. The Morgan fingerprint density at radius 1 is 1.25 bits per heavy atom. The molecule has 0 aromatic rings. The molecule has 0 fully saturated rings. The molecule has 24 heavy (non-hydrogen) atoms. The quantitative estimate of drug-likeness (QED) is 0.364. The largest absolute Gasteiger partial charge is 0.368 e. The van der Waals surface area contributed by atoms with Crippen molar-refractivity contribution in [2.45, 2.75) is 104 Å². The van der Waals surface area contributed by atoms with Crippen LogP contribution in [-0.2, 0) is 9.53 Å². The van der Waals surface area contributed by atoms with Crippen molar-refractivity contribution in [3.05, 3.63) is 22.9 Å². The lowest BCUT2D eigenvalue weighted by Crippen LogP contribution is -2.25. The molecule has 1 rings (SSSR count). The van der Waals surface area contributed by atoms with E-state index in [1.54, 1.807) is 0 Å². The van der Waals surface area contributed by atoms with Gasteiger partial charge in [-0.3, -0.25) is 4.79 Å². The van der Waals surface area contributed by atoms with Gasteiger partial charge in [0.15, 0.2) is 5.78 Å². The molecule has 0 aromatic carbocycles. The summed E-state index contributed by atoms with van der Waals surface area (Å²) in [6.45, 7) is 15.5. The van der Waals surface area contributed by atoms with Crippen molar-refractivity contribution < 1.29 is 9.53 Å². The maximum atomic E-state index is 12.4.